The van der Waals surface area contributed by atoms with E-state index in [-0.39, 0.29) is 11.0 Å². The van der Waals surface area contributed by atoms with Crippen LogP contribution < -0.4 is 10.5 Å². The van der Waals surface area contributed by atoms with Crippen LogP contribution in [0.1, 0.15) is 12.1 Å². The highest BCUT2D eigenvalue weighted by Gasteiger charge is 2.50. The zero-order valence-corrected chi connectivity index (χ0v) is 15.8. The third-order valence-corrected chi connectivity index (χ3v) is 5.44. The van der Waals surface area contributed by atoms with Gasteiger partial charge in [-0.25, -0.2) is 9.67 Å². The van der Waals surface area contributed by atoms with E-state index >= 15 is 0 Å². The highest BCUT2D eigenvalue weighted by atomic mass is 16.5. The number of hydrogen-bond acceptors (Lipinski definition) is 7. The second-order valence-electron chi connectivity index (χ2n) is 7.65. The van der Waals surface area contributed by atoms with E-state index < -0.39 is 0 Å². The van der Waals surface area contributed by atoms with Gasteiger partial charge in [-0.1, -0.05) is 5.21 Å². The number of aryl methyl sites for hydroxylation is 1. The highest BCUT2D eigenvalue weighted by molar-refractivity contribution is 5.51. The number of benzene rings is 1. The van der Waals surface area contributed by atoms with Gasteiger partial charge in [0.05, 0.1) is 42.4 Å². The number of hydrogen-bond donors (Lipinski definition) is 0. The molecule has 0 radical (unpaired) electrons. The zero-order chi connectivity index (χ0) is 19.8. The van der Waals surface area contributed by atoms with Gasteiger partial charge >= 0.3 is 0 Å². The molecule has 0 amide bonds. The van der Waals surface area contributed by atoms with Gasteiger partial charge in [0, 0.05) is 31.4 Å². The summed E-state index contributed by atoms with van der Waals surface area (Å²) >= 11 is 0. The topological polar surface area (TPSA) is 95.1 Å². The lowest BCUT2D eigenvalue weighted by Crippen LogP contribution is -2.67. The lowest BCUT2D eigenvalue weighted by Gasteiger charge is -2.55. The first-order valence-corrected chi connectivity index (χ1v) is 9.54. The van der Waals surface area contributed by atoms with Crippen molar-refractivity contribution in [1.29, 1.82) is 0 Å². The molecule has 29 heavy (non-hydrogen) atoms. The minimum absolute atomic E-state index is 0.163. The minimum atomic E-state index is -0.163. The molecule has 0 bridgehead atoms. The normalized spacial score (nSPS) is 17.0. The van der Waals surface area contributed by atoms with Crippen molar-refractivity contribution in [3.8, 4) is 11.4 Å². The van der Waals surface area contributed by atoms with Crippen molar-refractivity contribution in [2.45, 2.75) is 12.8 Å². The molecule has 2 saturated heterocycles. The van der Waals surface area contributed by atoms with Crippen molar-refractivity contribution < 1.29 is 9.53 Å². The van der Waals surface area contributed by atoms with Crippen LogP contribution in [0.5, 0.6) is 0 Å². The molecule has 0 saturated carbocycles. The largest absolute Gasteiger partial charge is 0.380 e. The van der Waals surface area contributed by atoms with Crippen molar-refractivity contribution in [3.63, 3.8) is 0 Å². The maximum absolute atomic E-state index is 13.2. The molecule has 5 rings (SSSR count). The predicted molar refractivity (Wildman–Crippen MR) is 105 cm³/mol. The van der Waals surface area contributed by atoms with Gasteiger partial charge in [-0.2, -0.15) is 0 Å². The van der Waals surface area contributed by atoms with Gasteiger partial charge in [-0.3, -0.25) is 9.36 Å². The molecule has 0 atom stereocenters. The van der Waals surface area contributed by atoms with E-state index in [9.17, 15) is 9.59 Å². The number of aromatic nitrogens is 5. The quantitative estimate of drug-likeness (QED) is 0.572. The van der Waals surface area contributed by atoms with Crippen LogP contribution in [-0.4, -0.2) is 57.1 Å². The second kappa shape index (κ2) is 6.93. The number of anilines is 1. The number of rotatable bonds is 6. The molecule has 1 spiro atoms. The molecule has 148 valence electrons. The maximum atomic E-state index is 13.2. The Morgan fingerprint density at radius 2 is 1.90 bits per heavy atom. The van der Waals surface area contributed by atoms with Crippen molar-refractivity contribution >= 4 is 12.1 Å². The Morgan fingerprint density at radius 3 is 2.52 bits per heavy atom. The van der Waals surface area contributed by atoms with Crippen LogP contribution >= 0.6 is 0 Å². The fourth-order valence-electron chi connectivity index (χ4n) is 3.85. The standard InChI is InChI=1S/C20H20N6O3/c27-9-1-2-15-10-25(16-3-5-17(6-4-16)26-8-7-21-23-26)19(28)18(22-15)24-11-20(12-24)13-29-14-20/h3-10H,1-2,11-14H2. The third-order valence-electron chi connectivity index (χ3n) is 5.44. The molecule has 2 aliphatic rings. The lowest BCUT2D eigenvalue weighted by molar-refractivity contribution is -0.127. The van der Waals surface area contributed by atoms with Gasteiger partial charge < -0.3 is 14.4 Å². The van der Waals surface area contributed by atoms with E-state index in [1.807, 2.05) is 29.2 Å². The molecule has 2 aromatic heterocycles. The van der Waals surface area contributed by atoms with E-state index in [0.717, 1.165) is 49.7 Å². The van der Waals surface area contributed by atoms with Crippen molar-refractivity contribution in [3.05, 3.63) is 58.9 Å². The van der Waals surface area contributed by atoms with Gasteiger partial charge in [-0.05, 0) is 30.7 Å². The Labute approximate surface area is 166 Å². The Kier molecular flexibility index (Phi) is 4.24. The average Bonchev–Trinajstić information content (AvgIpc) is 3.21. The number of ether oxygens (including phenoxy) is 1. The summed E-state index contributed by atoms with van der Waals surface area (Å²) in [7, 11) is 0. The summed E-state index contributed by atoms with van der Waals surface area (Å²) in [6.45, 7) is 3.04. The Morgan fingerprint density at radius 1 is 1.14 bits per heavy atom. The molecular formula is C20H20N6O3. The monoisotopic (exact) mass is 392 g/mol. The molecule has 2 aliphatic heterocycles. The molecule has 9 heteroatoms. The highest BCUT2D eigenvalue weighted by Crippen LogP contribution is 2.38. The Balaban J connectivity index is 1.50. The maximum Gasteiger partial charge on any atom is 0.298 e. The minimum Gasteiger partial charge on any atom is -0.380 e. The number of carbonyl (C=O) groups excluding carboxylic acids is 1. The molecule has 1 aromatic carbocycles. The van der Waals surface area contributed by atoms with Gasteiger partial charge in [0.1, 0.15) is 6.29 Å². The number of aldehydes is 1. The summed E-state index contributed by atoms with van der Waals surface area (Å²) in [5.41, 5.74) is 2.32. The molecule has 4 heterocycles. The zero-order valence-electron chi connectivity index (χ0n) is 15.8. The summed E-state index contributed by atoms with van der Waals surface area (Å²) in [5.74, 6) is 0.436. The van der Waals surface area contributed by atoms with Crippen LogP contribution in [0.3, 0.4) is 0 Å². The molecule has 2 fully saturated rings. The smallest absolute Gasteiger partial charge is 0.298 e. The first-order valence-electron chi connectivity index (χ1n) is 9.54. The summed E-state index contributed by atoms with van der Waals surface area (Å²) < 4.78 is 8.59. The van der Waals surface area contributed by atoms with Crippen LogP contribution in [0.25, 0.3) is 11.4 Å². The molecule has 0 aliphatic carbocycles. The molecule has 9 nitrogen and oxygen atoms in total. The third kappa shape index (κ3) is 3.13. The SMILES string of the molecule is O=CCCc1cn(-c2ccc(-n3ccnn3)cc2)c(=O)c(N2CC3(COC3)C2)n1. The molecular weight excluding hydrogens is 372 g/mol. The Hall–Kier alpha value is -3.33. The van der Waals surface area contributed by atoms with E-state index in [2.05, 4.69) is 15.3 Å². The van der Waals surface area contributed by atoms with Gasteiger partial charge in [0.25, 0.3) is 5.56 Å². The average molecular weight is 392 g/mol. The molecule has 0 N–H and O–H groups in total. The van der Waals surface area contributed by atoms with Crippen molar-refractivity contribution in [2.24, 2.45) is 5.41 Å². The first-order chi connectivity index (χ1) is 14.2. The van der Waals surface area contributed by atoms with Crippen LogP contribution in [0, 0.1) is 5.41 Å². The van der Waals surface area contributed by atoms with Gasteiger partial charge in [0.2, 0.25) is 0 Å². The van der Waals surface area contributed by atoms with Crippen LogP contribution in [0.2, 0.25) is 0 Å². The number of carbonyl (C=O) groups is 1. The van der Waals surface area contributed by atoms with Crippen molar-refractivity contribution in [1.82, 2.24) is 24.5 Å². The lowest BCUT2D eigenvalue weighted by atomic mass is 9.78. The predicted octanol–water partition coefficient (Wildman–Crippen LogP) is 0.781. The van der Waals surface area contributed by atoms with E-state index in [1.54, 1.807) is 27.8 Å². The summed E-state index contributed by atoms with van der Waals surface area (Å²) in [6, 6.07) is 7.49. The van der Waals surface area contributed by atoms with Crippen LogP contribution in [0.15, 0.2) is 47.7 Å². The van der Waals surface area contributed by atoms with E-state index in [0.29, 0.717) is 18.7 Å². The summed E-state index contributed by atoms with van der Waals surface area (Å²) in [4.78, 5) is 30.6. The van der Waals surface area contributed by atoms with Crippen LogP contribution in [-0.2, 0) is 16.0 Å². The molecule has 0 unspecified atom stereocenters. The Bertz CT molecular complexity index is 1080. The van der Waals surface area contributed by atoms with E-state index in [4.69, 9.17) is 4.74 Å². The first kappa shape index (κ1) is 17.7. The van der Waals surface area contributed by atoms with Crippen molar-refractivity contribution in [2.75, 3.05) is 31.2 Å². The van der Waals surface area contributed by atoms with E-state index in [1.165, 1.54) is 0 Å². The molecule has 3 aromatic rings. The van der Waals surface area contributed by atoms with Gasteiger partial charge in [-0.15, -0.1) is 5.10 Å². The fourth-order valence-corrected chi connectivity index (χ4v) is 3.85. The number of nitrogens with zero attached hydrogens (tertiary/aromatic N) is 6. The summed E-state index contributed by atoms with van der Waals surface area (Å²) in [6.07, 6.45) is 6.83. The van der Waals surface area contributed by atoms with Gasteiger partial charge in [0.15, 0.2) is 5.82 Å². The summed E-state index contributed by atoms with van der Waals surface area (Å²) in [5, 5.41) is 7.79. The fraction of sp³-hybridized carbons (Fsp3) is 0.350. The van der Waals surface area contributed by atoms with Crippen LogP contribution in [0.4, 0.5) is 5.82 Å². The second-order valence-corrected chi connectivity index (χ2v) is 7.65.